The van der Waals surface area contributed by atoms with Gasteiger partial charge in [-0.3, -0.25) is 4.79 Å². The molecule has 2 N–H and O–H groups in total. The Balaban J connectivity index is 1.48. The molecule has 4 atom stereocenters. The number of amides is 1. The summed E-state index contributed by atoms with van der Waals surface area (Å²) in [7, 11) is 0. The summed E-state index contributed by atoms with van der Waals surface area (Å²) in [5, 5.41) is 28.4. The zero-order valence-electron chi connectivity index (χ0n) is 14.7. The van der Waals surface area contributed by atoms with Crippen molar-refractivity contribution >= 4 is 29.7 Å². The summed E-state index contributed by atoms with van der Waals surface area (Å²) >= 11 is 1.46. The number of carboxylic acid groups (broad SMARTS) is 1. The van der Waals surface area contributed by atoms with Gasteiger partial charge in [0.05, 0.1) is 18.1 Å². The van der Waals surface area contributed by atoms with Crippen molar-refractivity contribution < 1.29 is 24.2 Å². The Morgan fingerprint density at radius 1 is 1.52 bits per heavy atom. The first-order valence-electron chi connectivity index (χ1n) is 8.59. The lowest BCUT2D eigenvalue weighted by Gasteiger charge is -2.46. The number of β-lactam (4-membered cyclic amide) rings is 1. The number of fused-ring (bicyclic) bond motifs is 1. The molecule has 0 spiro atoms. The van der Waals surface area contributed by atoms with Crippen molar-refractivity contribution in [2.75, 3.05) is 18.0 Å². The second-order valence-electron chi connectivity index (χ2n) is 7.04. The molecule has 1 aromatic heterocycles. The number of hydrogen-bond acceptors (Lipinski definition) is 8. The molecule has 3 aliphatic heterocycles. The van der Waals surface area contributed by atoms with E-state index < -0.39 is 18.0 Å². The quantitative estimate of drug-likeness (QED) is 0.695. The Bertz CT molecular complexity index is 882. The van der Waals surface area contributed by atoms with Crippen LogP contribution in [-0.2, 0) is 9.59 Å². The largest absolute Gasteiger partial charge is 0.477 e. The summed E-state index contributed by atoms with van der Waals surface area (Å²) < 4.78 is 5.25. The van der Waals surface area contributed by atoms with Gasteiger partial charge in [-0.05, 0) is 6.92 Å². The molecule has 4 rings (SSSR count). The summed E-state index contributed by atoms with van der Waals surface area (Å²) in [4.78, 5) is 32.0. The Morgan fingerprint density at radius 2 is 2.22 bits per heavy atom. The Labute approximate surface area is 159 Å². The Morgan fingerprint density at radius 3 is 2.78 bits per heavy atom. The third kappa shape index (κ3) is 2.61. The van der Waals surface area contributed by atoms with Crippen molar-refractivity contribution in [2.24, 2.45) is 11.8 Å². The van der Waals surface area contributed by atoms with Crippen LogP contribution in [0, 0.1) is 23.2 Å². The van der Waals surface area contributed by atoms with Gasteiger partial charge in [0.15, 0.2) is 5.69 Å². The lowest BCUT2D eigenvalue weighted by Crippen LogP contribution is -2.63. The molecule has 0 aromatic carbocycles. The topological polar surface area (TPSA) is 131 Å². The van der Waals surface area contributed by atoms with Crippen molar-refractivity contribution in [1.82, 2.24) is 9.88 Å². The van der Waals surface area contributed by atoms with Gasteiger partial charge in [-0.2, -0.15) is 10.2 Å². The maximum Gasteiger partial charge on any atom is 0.353 e. The summed E-state index contributed by atoms with van der Waals surface area (Å²) in [6.45, 7) is 4.69. The number of carboxylic acids is 1. The van der Waals surface area contributed by atoms with Crippen LogP contribution in [-0.4, -0.2) is 62.5 Å². The molecule has 0 saturated carbocycles. The number of hydrogen-bond donors (Lipinski definition) is 2. The van der Waals surface area contributed by atoms with E-state index in [0.29, 0.717) is 24.0 Å². The zero-order chi connectivity index (χ0) is 19.5. The highest BCUT2D eigenvalue weighted by atomic mass is 32.2. The van der Waals surface area contributed by atoms with E-state index in [1.165, 1.54) is 22.9 Å². The smallest absolute Gasteiger partial charge is 0.353 e. The van der Waals surface area contributed by atoms with Crippen LogP contribution < -0.4 is 4.90 Å². The van der Waals surface area contributed by atoms with E-state index in [1.807, 2.05) is 17.9 Å². The molecule has 27 heavy (non-hydrogen) atoms. The first-order chi connectivity index (χ1) is 12.8. The number of carbonyl (C=O) groups is 2. The van der Waals surface area contributed by atoms with Crippen molar-refractivity contribution in [1.29, 1.82) is 5.26 Å². The van der Waals surface area contributed by atoms with E-state index in [9.17, 15) is 19.8 Å². The summed E-state index contributed by atoms with van der Waals surface area (Å²) in [6.07, 6.45) is 0.492. The van der Waals surface area contributed by atoms with Gasteiger partial charge in [-0.1, -0.05) is 6.92 Å². The number of oxazole rings is 1. The predicted octanol–water partition coefficient (Wildman–Crippen LogP) is 0.622. The average Bonchev–Trinajstić information content (AvgIpc) is 3.12. The number of aliphatic carboxylic acids is 1. The SMILES string of the molecule is C[C@@H](O)[C@H]1C(=O)N2C(C(=O)O)=C(SC3CN(c4nc(C#N)co4)C3)[C@H](C)[C@H]12. The molecule has 3 aliphatic rings. The van der Waals surface area contributed by atoms with Gasteiger partial charge in [0.1, 0.15) is 18.0 Å². The predicted molar refractivity (Wildman–Crippen MR) is 94.4 cm³/mol. The lowest BCUT2D eigenvalue weighted by atomic mass is 9.79. The number of aliphatic hydroxyl groups excluding tert-OH is 1. The molecule has 0 unspecified atom stereocenters. The number of nitrogens with zero attached hydrogens (tertiary/aromatic N) is 4. The summed E-state index contributed by atoms with van der Waals surface area (Å²) in [5.74, 6) is -2.14. The van der Waals surface area contributed by atoms with Gasteiger partial charge >= 0.3 is 5.97 Å². The van der Waals surface area contributed by atoms with Gasteiger partial charge in [0.2, 0.25) is 5.91 Å². The minimum Gasteiger partial charge on any atom is -0.477 e. The molecule has 9 nitrogen and oxygen atoms in total. The van der Waals surface area contributed by atoms with Crippen LogP contribution in [0.2, 0.25) is 0 Å². The molecule has 2 saturated heterocycles. The molecule has 1 aromatic rings. The van der Waals surface area contributed by atoms with Crippen molar-refractivity contribution in [3.05, 3.63) is 22.6 Å². The van der Waals surface area contributed by atoms with Gasteiger partial charge in [0.25, 0.3) is 6.01 Å². The van der Waals surface area contributed by atoms with Crippen LogP contribution in [0.1, 0.15) is 19.5 Å². The first-order valence-corrected chi connectivity index (χ1v) is 9.47. The fourth-order valence-electron chi connectivity index (χ4n) is 3.99. The number of thioether (sulfide) groups is 1. The third-order valence-electron chi connectivity index (χ3n) is 5.33. The van der Waals surface area contributed by atoms with Gasteiger partial charge in [-0.25, -0.2) is 4.79 Å². The van der Waals surface area contributed by atoms with Crippen LogP contribution in [0.15, 0.2) is 21.3 Å². The van der Waals surface area contributed by atoms with E-state index in [-0.39, 0.29) is 34.5 Å². The van der Waals surface area contributed by atoms with E-state index in [1.54, 1.807) is 6.92 Å². The fourth-order valence-corrected chi connectivity index (χ4v) is 5.51. The monoisotopic (exact) mass is 390 g/mol. The molecule has 10 heteroatoms. The van der Waals surface area contributed by atoms with Crippen LogP contribution >= 0.6 is 11.8 Å². The van der Waals surface area contributed by atoms with Crippen LogP contribution in [0.3, 0.4) is 0 Å². The Kier molecular flexibility index (Phi) is 4.16. The number of nitriles is 1. The number of anilines is 1. The molecular formula is C17H18N4O5S. The molecule has 4 heterocycles. The second-order valence-corrected chi connectivity index (χ2v) is 8.39. The van der Waals surface area contributed by atoms with Crippen molar-refractivity contribution in [3.63, 3.8) is 0 Å². The van der Waals surface area contributed by atoms with E-state index in [2.05, 4.69) is 4.98 Å². The summed E-state index contributed by atoms with van der Waals surface area (Å²) in [6, 6.07) is 1.99. The van der Waals surface area contributed by atoms with Gasteiger partial charge in [0, 0.05) is 29.2 Å². The Hall–Kier alpha value is -2.51. The molecule has 0 radical (unpaired) electrons. The second kappa shape index (κ2) is 6.28. The maximum absolute atomic E-state index is 12.3. The maximum atomic E-state index is 12.3. The lowest BCUT2D eigenvalue weighted by molar-refractivity contribution is -0.163. The normalized spacial score (nSPS) is 28.5. The zero-order valence-corrected chi connectivity index (χ0v) is 15.5. The van der Waals surface area contributed by atoms with Crippen LogP contribution in [0.5, 0.6) is 0 Å². The van der Waals surface area contributed by atoms with Crippen molar-refractivity contribution in [2.45, 2.75) is 31.2 Å². The minimum atomic E-state index is -1.12. The first kappa shape index (κ1) is 17.9. The van der Waals surface area contributed by atoms with Gasteiger partial charge < -0.3 is 24.4 Å². The highest BCUT2D eigenvalue weighted by molar-refractivity contribution is 8.03. The molecule has 0 bridgehead atoms. The van der Waals surface area contributed by atoms with Crippen molar-refractivity contribution in [3.8, 4) is 6.07 Å². The fraction of sp³-hybridized carbons (Fsp3) is 0.529. The summed E-state index contributed by atoms with van der Waals surface area (Å²) in [5.41, 5.74) is 0.259. The van der Waals surface area contributed by atoms with E-state index in [4.69, 9.17) is 9.68 Å². The molecule has 0 aliphatic carbocycles. The number of carbonyl (C=O) groups excluding carboxylic acids is 1. The van der Waals surface area contributed by atoms with E-state index >= 15 is 0 Å². The standard InChI is InChI=1S/C17H18N4O5S/c1-7-12-11(8(2)22)15(23)21(12)13(16(24)25)14(7)27-10-4-20(5-10)17-19-9(3-18)6-26-17/h6-8,10-12,22H,4-5H2,1-2H3,(H,24,25)/t7-,8-,11-,12-/m1/s1. The average molecular weight is 390 g/mol. The third-order valence-corrected chi connectivity index (χ3v) is 6.78. The number of aromatic nitrogens is 1. The molecular weight excluding hydrogens is 372 g/mol. The molecule has 142 valence electrons. The number of rotatable bonds is 5. The highest BCUT2D eigenvalue weighted by Crippen LogP contribution is 2.52. The molecule has 2 fully saturated rings. The van der Waals surface area contributed by atoms with Gasteiger partial charge in [-0.15, -0.1) is 11.8 Å². The minimum absolute atomic E-state index is 0.0424. The van der Waals surface area contributed by atoms with E-state index in [0.717, 1.165) is 0 Å². The highest BCUT2D eigenvalue weighted by Gasteiger charge is 2.60. The van der Waals surface area contributed by atoms with Crippen LogP contribution in [0.25, 0.3) is 0 Å². The molecule has 1 amide bonds. The number of aliphatic hydroxyl groups is 1. The van der Waals surface area contributed by atoms with Crippen LogP contribution in [0.4, 0.5) is 6.01 Å².